The van der Waals surface area contributed by atoms with Crippen LogP contribution in [0.5, 0.6) is 11.5 Å². The van der Waals surface area contributed by atoms with Gasteiger partial charge in [-0.2, -0.15) is 0 Å². The molecule has 2 aromatic rings. The molecule has 0 atom stereocenters. The van der Waals surface area contributed by atoms with Gasteiger partial charge in [-0.05, 0) is 38.3 Å². The highest BCUT2D eigenvalue weighted by molar-refractivity contribution is 5.99. The van der Waals surface area contributed by atoms with E-state index in [0.717, 1.165) is 36.8 Å². The summed E-state index contributed by atoms with van der Waals surface area (Å²) in [6.07, 6.45) is 0.864. The van der Waals surface area contributed by atoms with Crippen molar-refractivity contribution in [3.8, 4) is 11.5 Å². The lowest BCUT2D eigenvalue weighted by atomic mass is 10.0. The Kier molecular flexibility index (Phi) is 6.80. The van der Waals surface area contributed by atoms with Crippen LogP contribution in [0.4, 0.5) is 5.82 Å². The van der Waals surface area contributed by atoms with Gasteiger partial charge >= 0.3 is 0 Å². The van der Waals surface area contributed by atoms with Crippen LogP contribution in [0.15, 0.2) is 18.2 Å². The Balaban J connectivity index is 1.86. The van der Waals surface area contributed by atoms with Crippen LogP contribution in [0.2, 0.25) is 0 Å². The number of rotatable bonds is 5. The van der Waals surface area contributed by atoms with Gasteiger partial charge in [-0.3, -0.25) is 4.79 Å². The molecule has 1 amide bonds. The average Bonchev–Trinajstić information content (AvgIpc) is 2.97. The summed E-state index contributed by atoms with van der Waals surface area (Å²) in [5.41, 5.74) is 2.70. The molecule has 0 N–H and O–H groups in total. The Morgan fingerprint density at radius 1 is 1.00 bits per heavy atom. The first-order valence-corrected chi connectivity index (χ1v) is 10.5. The number of hydrogen-bond donors (Lipinski definition) is 0. The van der Waals surface area contributed by atoms with Gasteiger partial charge in [0.05, 0.1) is 14.2 Å². The Bertz CT molecular complexity index is 891. The Labute approximate surface area is 179 Å². The molecule has 0 saturated carbocycles. The molecule has 1 aliphatic rings. The average molecular weight is 413 g/mol. The molecule has 1 aliphatic heterocycles. The Hall–Kier alpha value is -2.83. The molecule has 7 heteroatoms. The van der Waals surface area contributed by atoms with Crippen LogP contribution < -0.4 is 14.4 Å². The van der Waals surface area contributed by atoms with Gasteiger partial charge in [0, 0.05) is 37.4 Å². The maximum Gasteiger partial charge on any atom is 0.261 e. The Morgan fingerprint density at radius 2 is 1.67 bits per heavy atom. The standard InChI is InChI=1S/C23H32N4O3/c1-15(2)20-16(3)24-17(4)25-22(20)26-11-8-12-27(14-13-26)23(28)21-18(29-5)9-7-10-19(21)30-6/h7,9-10,15H,8,11-14H2,1-6H3. The van der Waals surface area contributed by atoms with Gasteiger partial charge in [-0.1, -0.05) is 19.9 Å². The monoisotopic (exact) mass is 412 g/mol. The van der Waals surface area contributed by atoms with E-state index in [9.17, 15) is 4.79 Å². The van der Waals surface area contributed by atoms with Crippen molar-refractivity contribution >= 4 is 11.7 Å². The van der Waals surface area contributed by atoms with E-state index in [1.54, 1.807) is 26.4 Å². The van der Waals surface area contributed by atoms with Gasteiger partial charge in [0.2, 0.25) is 0 Å². The van der Waals surface area contributed by atoms with Gasteiger partial charge in [-0.25, -0.2) is 9.97 Å². The molecule has 0 spiro atoms. The fourth-order valence-electron chi connectivity index (χ4n) is 4.17. The van der Waals surface area contributed by atoms with Crippen LogP contribution in [0, 0.1) is 13.8 Å². The molecule has 7 nitrogen and oxygen atoms in total. The number of aryl methyl sites for hydroxylation is 2. The molecule has 1 aromatic heterocycles. The number of benzene rings is 1. The quantitative estimate of drug-likeness (QED) is 0.748. The number of hydrogen-bond acceptors (Lipinski definition) is 6. The summed E-state index contributed by atoms with van der Waals surface area (Å²) < 4.78 is 10.9. The predicted molar refractivity (Wildman–Crippen MR) is 118 cm³/mol. The summed E-state index contributed by atoms with van der Waals surface area (Å²) in [5, 5.41) is 0. The fraction of sp³-hybridized carbons (Fsp3) is 0.522. The SMILES string of the molecule is COc1cccc(OC)c1C(=O)N1CCCN(c2nc(C)nc(C)c2C(C)C)CC1. The molecule has 0 unspecified atom stereocenters. The van der Waals surface area contributed by atoms with Gasteiger partial charge < -0.3 is 19.3 Å². The molecule has 2 heterocycles. The zero-order valence-corrected chi connectivity index (χ0v) is 18.9. The number of ether oxygens (including phenoxy) is 2. The minimum Gasteiger partial charge on any atom is -0.496 e. The van der Waals surface area contributed by atoms with Crippen molar-refractivity contribution in [1.29, 1.82) is 0 Å². The summed E-state index contributed by atoms with van der Waals surface area (Å²) in [6.45, 7) is 11.2. The molecule has 1 saturated heterocycles. The van der Waals surface area contributed by atoms with Crippen molar-refractivity contribution in [2.75, 3.05) is 45.3 Å². The molecular weight excluding hydrogens is 380 g/mol. The lowest BCUT2D eigenvalue weighted by molar-refractivity contribution is 0.0760. The molecule has 0 bridgehead atoms. The zero-order chi connectivity index (χ0) is 21.8. The topological polar surface area (TPSA) is 67.8 Å². The molecule has 3 rings (SSSR count). The van der Waals surface area contributed by atoms with E-state index in [1.165, 1.54) is 5.56 Å². The second kappa shape index (κ2) is 9.32. The van der Waals surface area contributed by atoms with E-state index >= 15 is 0 Å². The lowest BCUT2D eigenvalue weighted by Gasteiger charge is -2.27. The summed E-state index contributed by atoms with van der Waals surface area (Å²) in [6, 6.07) is 5.41. The lowest BCUT2D eigenvalue weighted by Crippen LogP contribution is -2.36. The van der Waals surface area contributed by atoms with Crippen LogP contribution in [-0.4, -0.2) is 61.2 Å². The first kappa shape index (κ1) is 21.9. The van der Waals surface area contributed by atoms with Crippen LogP contribution in [0.1, 0.15) is 53.6 Å². The number of methoxy groups -OCH3 is 2. The first-order chi connectivity index (χ1) is 14.4. The van der Waals surface area contributed by atoms with Crippen LogP contribution in [-0.2, 0) is 0 Å². The predicted octanol–water partition coefficient (Wildman–Crippen LogP) is 3.59. The first-order valence-electron chi connectivity index (χ1n) is 10.5. The minimum atomic E-state index is -0.0646. The summed E-state index contributed by atoms with van der Waals surface area (Å²) in [5.74, 6) is 3.11. The smallest absolute Gasteiger partial charge is 0.261 e. The highest BCUT2D eigenvalue weighted by Crippen LogP contribution is 2.31. The van der Waals surface area contributed by atoms with Gasteiger partial charge in [0.25, 0.3) is 5.91 Å². The van der Waals surface area contributed by atoms with E-state index in [1.807, 2.05) is 17.9 Å². The zero-order valence-electron chi connectivity index (χ0n) is 18.9. The van der Waals surface area contributed by atoms with E-state index in [-0.39, 0.29) is 5.91 Å². The van der Waals surface area contributed by atoms with Crippen molar-refractivity contribution < 1.29 is 14.3 Å². The van der Waals surface area contributed by atoms with E-state index < -0.39 is 0 Å². The highest BCUT2D eigenvalue weighted by atomic mass is 16.5. The van der Waals surface area contributed by atoms with E-state index in [0.29, 0.717) is 36.1 Å². The third-order valence-electron chi connectivity index (χ3n) is 5.53. The second-order valence-electron chi connectivity index (χ2n) is 7.92. The third-order valence-corrected chi connectivity index (χ3v) is 5.53. The number of aromatic nitrogens is 2. The van der Waals surface area contributed by atoms with E-state index in [4.69, 9.17) is 14.5 Å². The molecule has 0 aliphatic carbocycles. The van der Waals surface area contributed by atoms with Crippen molar-refractivity contribution in [3.63, 3.8) is 0 Å². The van der Waals surface area contributed by atoms with Crippen molar-refractivity contribution in [3.05, 3.63) is 40.8 Å². The molecule has 30 heavy (non-hydrogen) atoms. The normalized spacial score (nSPS) is 14.6. The number of anilines is 1. The van der Waals surface area contributed by atoms with Crippen molar-refractivity contribution in [2.24, 2.45) is 0 Å². The van der Waals surface area contributed by atoms with E-state index in [2.05, 4.69) is 30.7 Å². The minimum absolute atomic E-state index is 0.0646. The number of carbonyl (C=O) groups excluding carboxylic acids is 1. The second-order valence-corrected chi connectivity index (χ2v) is 7.92. The number of amides is 1. The largest absolute Gasteiger partial charge is 0.496 e. The maximum atomic E-state index is 13.4. The molecule has 162 valence electrons. The van der Waals surface area contributed by atoms with Gasteiger partial charge in [0.1, 0.15) is 28.7 Å². The molecule has 1 fully saturated rings. The molecule has 1 aromatic carbocycles. The van der Waals surface area contributed by atoms with Crippen molar-refractivity contribution in [1.82, 2.24) is 14.9 Å². The summed E-state index contributed by atoms with van der Waals surface area (Å²) in [4.78, 5) is 26.9. The fourth-order valence-corrected chi connectivity index (χ4v) is 4.17. The maximum absolute atomic E-state index is 13.4. The molecule has 0 radical (unpaired) electrons. The van der Waals surface area contributed by atoms with Crippen LogP contribution in [0.25, 0.3) is 0 Å². The summed E-state index contributed by atoms with van der Waals surface area (Å²) >= 11 is 0. The number of nitrogens with zero attached hydrogens (tertiary/aromatic N) is 4. The van der Waals surface area contributed by atoms with Crippen LogP contribution >= 0.6 is 0 Å². The van der Waals surface area contributed by atoms with Gasteiger partial charge in [-0.15, -0.1) is 0 Å². The number of carbonyl (C=O) groups is 1. The molecular formula is C23H32N4O3. The van der Waals surface area contributed by atoms with Crippen molar-refractivity contribution in [2.45, 2.75) is 40.0 Å². The van der Waals surface area contributed by atoms with Crippen LogP contribution in [0.3, 0.4) is 0 Å². The van der Waals surface area contributed by atoms with Gasteiger partial charge in [0.15, 0.2) is 0 Å². The highest BCUT2D eigenvalue weighted by Gasteiger charge is 2.27. The third kappa shape index (κ3) is 4.35. The Morgan fingerprint density at radius 3 is 2.27 bits per heavy atom. The summed E-state index contributed by atoms with van der Waals surface area (Å²) in [7, 11) is 3.14.